The molecule has 198 valence electrons. The second-order valence-corrected chi connectivity index (χ2v) is 11.1. The summed E-state index contributed by atoms with van der Waals surface area (Å²) in [5, 5.41) is 0. The van der Waals surface area contributed by atoms with Crippen molar-refractivity contribution < 1.29 is 23.7 Å². The molecular formula is C29H32N4O5. The number of hydrogen-bond donors (Lipinski definition) is 1. The number of aromatic nitrogens is 2. The Labute approximate surface area is 221 Å². The highest BCUT2D eigenvalue weighted by Gasteiger charge is 2.49. The average molecular weight is 517 g/mol. The Kier molecular flexibility index (Phi) is 6.10. The van der Waals surface area contributed by atoms with E-state index in [2.05, 4.69) is 53.0 Å². The number of benzene rings is 2. The number of ether oxygens (including phenoxy) is 4. The van der Waals surface area contributed by atoms with Crippen LogP contribution in [0.1, 0.15) is 37.8 Å². The molecule has 0 atom stereocenters. The second-order valence-electron chi connectivity index (χ2n) is 11.1. The standard InChI is InChI=1S/C29H32N4O5/c1-28(2,19-3-7-22(8-4-19)36-24-11-25(12-24)37-26(30)34)20-5-9-23(10-6-20)38-27-31-13-21(14-32-27)33-15-29(16-33)17-35-18-29/h3-10,13-14,24-25H,11-12,15-18H2,1-2H3,(H2,30,34). The van der Waals surface area contributed by atoms with Crippen LogP contribution in [-0.2, 0) is 14.9 Å². The van der Waals surface area contributed by atoms with E-state index in [1.165, 1.54) is 5.56 Å². The molecule has 1 aliphatic carbocycles. The molecule has 0 bridgehead atoms. The van der Waals surface area contributed by atoms with Crippen molar-refractivity contribution in [2.24, 2.45) is 11.1 Å². The summed E-state index contributed by atoms with van der Waals surface area (Å²) in [6, 6.07) is 16.5. The lowest BCUT2D eigenvalue weighted by Gasteiger charge is -2.55. The Morgan fingerprint density at radius 3 is 2.05 bits per heavy atom. The van der Waals surface area contributed by atoms with Crippen molar-refractivity contribution >= 4 is 11.8 Å². The summed E-state index contributed by atoms with van der Waals surface area (Å²) in [6.45, 7) is 8.09. The summed E-state index contributed by atoms with van der Waals surface area (Å²) in [7, 11) is 0. The fourth-order valence-corrected chi connectivity index (χ4v) is 5.27. The molecular weight excluding hydrogens is 484 g/mol. The van der Waals surface area contributed by atoms with Crippen LogP contribution >= 0.6 is 0 Å². The summed E-state index contributed by atoms with van der Waals surface area (Å²) in [5.74, 6) is 1.49. The zero-order chi connectivity index (χ0) is 26.3. The molecule has 38 heavy (non-hydrogen) atoms. The predicted octanol–water partition coefficient (Wildman–Crippen LogP) is 4.44. The van der Waals surface area contributed by atoms with E-state index in [-0.39, 0.29) is 17.6 Å². The third-order valence-corrected chi connectivity index (χ3v) is 7.85. The molecule has 1 spiro atoms. The maximum atomic E-state index is 10.8. The van der Waals surface area contributed by atoms with Crippen molar-refractivity contribution in [2.45, 2.75) is 44.3 Å². The van der Waals surface area contributed by atoms with E-state index in [1.54, 1.807) is 0 Å². The van der Waals surface area contributed by atoms with Gasteiger partial charge in [0.15, 0.2) is 0 Å². The number of rotatable bonds is 8. The second kappa shape index (κ2) is 9.47. The minimum absolute atomic E-state index is 0.0381. The highest BCUT2D eigenvalue weighted by Crippen LogP contribution is 2.40. The summed E-state index contributed by atoms with van der Waals surface area (Å²) in [5.41, 5.74) is 8.54. The van der Waals surface area contributed by atoms with E-state index in [0.29, 0.717) is 30.0 Å². The van der Waals surface area contributed by atoms with E-state index in [9.17, 15) is 4.79 Å². The van der Waals surface area contributed by atoms with Crippen molar-refractivity contribution in [3.63, 3.8) is 0 Å². The molecule has 1 amide bonds. The van der Waals surface area contributed by atoms with Gasteiger partial charge < -0.3 is 29.6 Å². The van der Waals surface area contributed by atoms with Crippen molar-refractivity contribution in [3.05, 3.63) is 72.1 Å². The largest absolute Gasteiger partial charge is 0.490 e. The Morgan fingerprint density at radius 1 is 0.947 bits per heavy atom. The van der Waals surface area contributed by atoms with Gasteiger partial charge in [-0.05, 0) is 35.4 Å². The first-order valence-corrected chi connectivity index (χ1v) is 12.9. The number of anilines is 1. The first-order valence-electron chi connectivity index (χ1n) is 12.9. The molecule has 2 saturated heterocycles. The molecule has 9 nitrogen and oxygen atoms in total. The smallest absolute Gasteiger partial charge is 0.404 e. The Bertz CT molecular complexity index is 1280. The SMILES string of the molecule is CC(C)(c1ccc(Oc2ncc(N3CC4(COC4)C3)cn2)cc1)c1ccc(OC2CC(OC(N)=O)C2)cc1. The summed E-state index contributed by atoms with van der Waals surface area (Å²) >= 11 is 0. The summed E-state index contributed by atoms with van der Waals surface area (Å²) in [4.78, 5) is 21.9. The van der Waals surface area contributed by atoms with Gasteiger partial charge in [0.2, 0.25) is 0 Å². The van der Waals surface area contributed by atoms with E-state index < -0.39 is 6.09 Å². The molecule has 2 N–H and O–H groups in total. The van der Waals surface area contributed by atoms with Crippen LogP contribution in [0.15, 0.2) is 60.9 Å². The van der Waals surface area contributed by atoms with E-state index in [1.807, 2.05) is 36.7 Å². The predicted molar refractivity (Wildman–Crippen MR) is 141 cm³/mol. The first kappa shape index (κ1) is 24.5. The van der Waals surface area contributed by atoms with Crippen LogP contribution in [0.25, 0.3) is 0 Å². The van der Waals surface area contributed by atoms with Crippen molar-refractivity contribution in [3.8, 4) is 17.5 Å². The fraction of sp³-hybridized carbons (Fsp3) is 0.414. The van der Waals surface area contributed by atoms with Crippen molar-refractivity contribution in [1.29, 1.82) is 0 Å². The van der Waals surface area contributed by atoms with E-state index in [0.717, 1.165) is 43.3 Å². The molecule has 0 unspecified atom stereocenters. The fourth-order valence-electron chi connectivity index (χ4n) is 5.27. The molecule has 1 saturated carbocycles. The van der Waals surface area contributed by atoms with Crippen LogP contribution in [0.3, 0.4) is 0 Å². The van der Waals surface area contributed by atoms with Gasteiger partial charge in [-0.2, -0.15) is 0 Å². The van der Waals surface area contributed by atoms with Gasteiger partial charge in [0.05, 0.1) is 36.7 Å². The average Bonchev–Trinajstić information content (AvgIpc) is 2.82. The first-order chi connectivity index (χ1) is 18.3. The molecule has 3 aliphatic rings. The number of primary amides is 1. The molecule has 2 aromatic carbocycles. The molecule has 0 radical (unpaired) electrons. The zero-order valence-electron chi connectivity index (χ0n) is 21.6. The number of nitrogens with two attached hydrogens (primary N) is 1. The highest BCUT2D eigenvalue weighted by molar-refractivity contribution is 5.64. The lowest BCUT2D eigenvalue weighted by molar-refractivity contribution is -0.127. The van der Waals surface area contributed by atoms with Crippen molar-refractivity contribution in [1.82, 2.24) is 9.97 Å². The van der Waals surface area contributed by atoms with Crippen LogP contribution in [0.2, 0.25) is 0 Å². The van der Waals surface area contributed by atoms with Crippen LogP contribution in [0, 0.1) is 5.41 Å². The van der Waals surface area contributed by atoms with Gasteiger partial charge in [0.25, 0.3) is 0 Å². The molecule has 2 aliphatic heterocycles. The van der Waals surface area contributed by atoms with Gasteiger partial charge >= 0.3 is 12.1 Å². The maximum absolute atomic E-state index is 10.8. The molecule has 3 fully saturated rings. The quantitative estimate of drug-likeness (QED) is 0.468. The monoisotopic (exact) mass is 516 g/mol. The van der Waals surface area contributed by atoms with Gasteiger partial charge in [-0.25, -0.2) is 14.8 Å². The van der Waals surface area contributed by atoms with Gasteiger partial charge in [-0.3, -0.25) is 0 Å². The maximum Gasteiger partial charge on any atom is 0.404 e. The number of nitrogens with zero attached hydrogens (tertiary/aromatic N) is 3. The molecule has 6 rings (SSSR count). The van der Waals surface area contributed by atoms with Gasteiger partial charge in [0, 0.05) is 31.3 Å². The third-order valence-electron chi connectivity index (χ3n) is 7.85. The summed E-state index contributed by atoms with van der Waals surface area (Å²) < 4.78 is 22.2. The van der Waals surface area contributed by atoms with Crippen LogP contribution < -0.4 is 20.1 Å². The lowest BCUT2D eigenvalue weighted by Crippen LogP contribution is -2.66. The topological polar surface area (TPSA) is 109 Å². The number of amides is 1. The number of hydrogen-bond acceptors (Lipinski definition) is 8. The summed E-state index contributed by atoms with van der Waals surface area (Å²) in [6.07, 6.45) is 4.12. The van der Waals surface area contributed by atoms with Crippen LogP contribution in [0.4, 0.5) is 10.5 Å². The third kappa shape index (κ3) is 4.86. The number of carbonyl (C=O) groups is 1. The van der Waals surface area contributed by atoms with Gasteiger partial charge in [-0.1, -0.05) is 38.1 Å². The Morgan fingerprint density at radius 2 is 1.53 bits per heavy atom. The molecule has 9 heteroatoms. The number of carbonyl (C=O) groups excluding carboxylic acids is 1. The highest BCUT2D eigenvalue weighted by atomic mass is 16.6. The van der Waals surface area contributed by atoms with Crippen molar-refractivity contribution in [2.75, 3.05) is 31.2 Å². The Hall–Kier alpha value is -3.85. The van der Waals surface area contributed by atoms with E-state index >= 15 is 0 Å². The van der Waals surface area contributed by atoms with Gasteiger partial charge in [-0.15, -0.1) is 0 Å². The molecule has 3 heterocycles. The van der Waals surface area contributed by atoms with Gasteiger partial charge in [0.1, 0.15) is 23.7 Å². The Balaban J connectivity index is 1.03. The minimum atomic E-state index is -0.734. The molecule has 1 aromatic heterocycles. The molecule has 3 aromatic rings. The van der Waals surface area contributed by atoms with Crippen LogP contribution in [0.5, 0.6) is 17.5 Å². The normalized spacial score (nSPS) is 21.6. The van der Waals surface area contributed by atoms with E-state index in [4.69, 9.17) is 24.7 Å². The lowest BCUT2D eigenvalue weighted by atomic mass is 9.78. The van der Waals surface area contributed by atoms with Crippen LogP contribution in [-0.4, -0.2) is 54.6 Å². The zero-order valence-corrected chi connectivity index (χ0v) is 21.6. The minimum Gasteiger partial charge on any atom is -0.490 e.